The van der Waals surface area contributed by atoms with Gasteiger partial charge in [0.05, 0.1) is 12.4 Å². The van der Waals surface area contributed by atoms with Crippen LogP contribution < -0.4 is 4.72 Å². The summed E-state index contributed by atoms with van der Waals surface area (Å²) in [4.78, 5) is 14.1. The quantitative estimate of drug-likeness (QED) is 0.645. The number of rotatable bonds is 10. The van der Waals surface area contributed by atoms with Crippen LogP contribution in [0.2, 0.25) is 0 Å². The predicted octanol–water partition coefficient (Wildman–Crippen LogP) is 3.38. The molecule has 0 fully saturated rings. The van der Waals surface area contributed by atoms with Crippen molar-refractivity contribution < 1.29 is 17.9 Å². The van der Waals surface area contributed by atoms with Crippen molar-refractivity contribution in [2.45, 2.75) is 85.4 Å². The zero-order chi connectivity index (χ0) is 19.1. The second kappa shape index (κ2) is 9.61. The lowest BCUT2D eigenvalue weighted by Gasteiger charge is -2.35. The maximum absolute atomic E-state index is 12.3. The maximum atomic E-state index is 12.3. The van der Waals surface area contributed by atoms with Gasteiger partial charge in [-0.25, -0.2) is 17.9 Å². The first-order valence-corrected chi connectivity index (χ1v) is 10.6. The molecule has 24 heavy (non-hydrogen) atoms. The number of ether oxygens (including phenoxy) is 1. The molecule has 0 rings (SSSR count). The minimum Gasteiger partial charge on any atom is -0.447 e. The van der Waals surface area contributed by atoms with Gasteiger partial charge in [0.2, 0.25) is 10.0 Å². The highest BCUT2D eigenvalue weighted by molar-refractivity contribution is 7.88. The molecule has 0 saturated carbocycles. The van der Waals surface area contributed by atoms with Gasteiger partial charge in [0.15, 0.2) is 0 Å². The fraction of sp³-hybridized carbons (Fsp3) is 0.941. The van der Waals surface area contributed by atoms with Crippen LogP contribution in [0.3, 0.4) is 0 Å². The molecule has 6 nitrogen and oxygen atoms in total. The summed E-state index contributed by atoms with van der Waals surface area (Å²) in [6.07, 6.45) is 3.26. The number of carbonyl (C=O) groups excluding carboxylic acids is 1. The summed E-state index contributed by atoms with van der Waals surface area (Å²) in [6, 6.07) is 0.0292. The Hall–Kier alpha value is -0.820. The lowest BCUT2D eigenvalue weighted by atomic mass is 9.88. The Labute approximate surface area is 148 Å². The van der Waals surface area contributed by atoms with Crippen LogP contribution in [0.25, 0.3) is 0 Å². The molecule has 7 heteroatoms. The largest absolute Gasteiger partial charge is 0.447 e. The van der Waals surface area contributed by atoms with Crippen LogP contribution in [-0.2, 0) is 14.8 Å². The van der Waals surface area contributed by atoms with Crippen molar-refractivity contribution in [1.29, 1.82) is 0 Å². The highest BCUT2D eigenvalue weighted by atomic mass is 32.2. The molecule has 0 spiro atoms. The Morgan fingerprint density at radius 3 is 2.12 bits per heavy atom. The van der Waals surface area contributed by atoms with Crippen molar-refractivity contribution in [2.24, 2.45) is 5.92 Å². The normalized spacial score (nSPS) is 14.1. The number of nitrogens with zero attached hydrogens (tertiary/aromatic N) is 1. The van der Waals surface area contributed by atoms with Gasteiger partial charge in [0.25, 0.3) is 0 Å². The zero-order valence-electron chi connectivity index (χ0n) is 16.5. The van der Waals surface area contributed by atoms with Gasteiger partial charge in [-0.2, -0.15) is 0 Å². The van der Waals surface area contributed by atoms with Crippen molar-refractivity contribution >= 4 is 16.1 Å². The molecule has 0 radical (unpaired) electrons. The van der Waals surface area contributed by atoms with E-state index < -0.39 is 15.6 Å². The van der Waals surface area contributed by atoms with Gasteiger partial charge in [-0.15, -0.1) is 0 Å². The fourth-order valence-corrected chi connectivity index (χ4v) is 4.06. The third kappa shape index (κ3) is 10.1. The Kier molecular flexibility index (Phi) is 9.28. The Morgan fingerprint density at radius 1 is 1.21 bits per heavy atom. The van der Waals surface area contributed by atoms with E-state index in [0.717, 1.165) is 12.8 Å². The fourth-order valence-electron chi connectivity index (χ4n) is 2.98. The van der Waals surface area contributed by atoms with Crippen LogP contribution in [0.1, 0.15) is 67.7 Å². The predicted molar refractivity (Wildman–Crippen MR) is 98.5 cm³/mol. The van der Waals surface area contributed by atoms with Crippen molar-refractivity contribution in [3.8, 4) is 0 Å². The summed E-state index contributed by atoms with van der Waals surface area (Å²) in [6.45, 7) is 14.0. The van der Waals surface area contributed by atoms with Crippen LogP contribution >= 0.6 is 0 Å². The van der Waals surface area contributed by atoms with E-state index in [9.17, 15) is 13.2 Å². The third-order valence-electron chi connectivity index (χ3n) is 3.61. The first kappa shape index (κ1) is 23.2. The number of hydrogen-bond donors (Lipinski definition) is 1. The van der Waals surface area contributed by atoms with Crippen molar-refractivity contribution in [3.63, 3.8) is 0 Å². The highest BCUT2D eigenvalue weighted by Gasteiger charge is 2.29. The van der Waals surface area contributed by atoms with Crippen molar-refractivity contribution in [2.75, 3.05) is 12.8 Å². The van der Waals surface area contributed by atoms with E-state index in [1.165, 1.54) is 6.26 Å². The molecule has 1 N–H and O–H groups in total. The molecule has 1 amide bonds. The monoisotopic (exact) mass is 364 g/mol. The Balaban J connectivity index is 5.11. The van der Waals surface area contributed by atoms with Crippen LogP contribution in [0, 0.1) is 5.92 Å². The van der Waals surface area contributed by atoms with Gasteiger partial charge < -0.3 is 9.64 Å². The molecular weight excluding hydrogens is 328 g/mol. The van der Waals surface area contributed by atoms with Gasteiger partial charge in [-0.1, -0.05) is 13.3 Å². The van der Waals surface area contributed by atoms with E-state index >= 15 is 0 Å². The SMILES string of the molecule is CCCC(CN(C(=O)OC(C)C)C(C)C)CC(C)(C)NS(C)(=O)=O. The molecule has 0 aromatic rings. The number of amides is 1. The molecule has 0 bridgehead atoms. The smallest absolute Gasteiger partial charge is 0.410 e. The summed E-state index contributed by atoms with van der Waals surface area (Å²) in [7, 11) is -3.27. The molecular formula is C17H36N2O4S. The first-order valence-electron chi connectivity index (χ1n) is 8.73. The van der Waals surface area contributed by atoms with E-state index in [0.29, 0.717) is 13.0 Å². The minimum absolute atomic E-state index is 0.0292. The van der Waals surface area contributed by atoms with Gasteiger partial charge in [-0.05, 0) is 60.3 Å². The standard InChI is InChI=1S/C17H36N2O4S/c1-9-10-15(11-17(6,7)18-24(8,21)22)12-19(13(2)3)16(20)23-14(4)5/h13-15,18H,9-12H2,1-8H3. The van der Waals surface area contributed by atoms with Crippen molar-refractivity contribution in [1.82, 2.24) is 9.62 Å². The molecule has 1 unspecified atom stereocenters. The summed E-state index contributed by atoms with van der Waals surface area (Å²) in [5.41, 5.74) is -0.558. The van der Waals surface area contributed by atoms with Crippen LogP contribution in [0.15, 0.2) is 0 Å². The van der Waals surface area contributed by atoms with Crippen LogP contribution in [-0.4, -0.2) is 49.9 Å². The Morgan fingerprint density at radius 2 is 1.75 bits per heavy atom. The maximum Gasteiger partial charge on any atom is 0.410 e. The molecule has 0 aromatic heterocycles. The molecule has 0 heterocycles. The van der Waals surface area contributed by atoms with E-state index in [4.69, 9.17) is 4.74 Å². The first-order chi connectivity index (χ1) is 10.8. The lowest BCUT2D eigenvalue weighted by molar-refractivity contribution is 0.0592. The second-order valence-electron chi connectivity index (χ2n) is 7.80. The molecule has 1 atom stereocenters. The van der Waals surface area contributed by atoms with Gasteiger partial charge in [0, 0.05) is 18.1 Å². The average Bonchev–Trinajstić information content (AvgIpc) is 2.30. The lowest BCUT2D eigenvalue weighted by Crippen LogP contribution is -2.47. The molecule has 144 valence electrons. The van der Waals surface area contributed by atoms with E-state index in [-0.39, 0.29) is 24.2 Å². The van der Waals surface area contributed by atoms with E-state index in [1.54, 1.807) is 4.90 Å². The van der Waals surface area contributed by atoms with Crippen molar-refractivity contribution in [3.05, 3.63) is 0 Å². The number of carbonyl (C=O) groups is 1. The molecule has 0 aliphatic carbocycles. The van der Waals surface area contributed by atoms with Crippen LogP contribution in [0.4, 0.5) is 4.79 Å². The average molecular weight is 365 g/mol. The minimum atomic E-state index is -3.27. The number of hydrogen-bond acceptors (Lipinski definition) is 4. The molecule has 0 saturated heterocycles. The summed E-state index contributed by atoms with van der Waals surface area (Å²) in [5, 5.41) is 0. The van der Waals surface area contributed by atoms with Gasteiger partial charge in [0.1, 0.15) is 0 Å². The number of sulfonamides is 1. The molecule has 0 aliphatic rings. The third-order valence-corrected chi connectivity index (χ3v) is 4.53. The topological polar surface area (TPSA) is 75.7 Å². The van der Waals surface area contributed by atoms with Crippen LogP contribution in [0.5, 0.6) is 0 Å². The van der Waals surface area contributed by atoms with E-state index in [2.05, 4.69) is 11.6 Å². The summed E-state index contributed by atoms with van der Waals surface area (Å²) in [5.74, 6) is 0.196. The summed E-state index contributed by atoms with van der Waals surface area (Å²) < 4.78 is 31.1. The zero-order valence-corrected chi connectivity index (χ0v) is 17.4. The highest BCUT2D eigenvalue weighted by Crippen LogP contribution is 2.23. The number of nitrogens with one attached hydrogen (secondary N) is 1. The molecule has 0 aromatic carbocycles. The van der Waals surface area contributed by atoms with Gasteiger partial charge in [-0.3, -0.25) is 0 Å². The summed E-state index contributed by atoms with van der Waals surface area (Å²) >= 11 is 0. The van der Waals surface area contributed by atoms with Gasteiger partial charge >= 0.3 is 6.09 Å². The Bertz CT molecular complexity index is 487. The van der Waals surface area contributed by atoms with E-state index in [1.807, 2.05) is 41.5 Å². The molecule has 0 aliphatic heterocycles. The second-order valence-corrected chi connectivity index (χ2v) is 9.54.